The summed E-state index contributed by atoms with van der Waals surface area (Å²) in [4.78, 5) is 24.2. The molecule has 0 fully saturated rings. The summed E-state index contributed by atoms with van der Waals surface area (Å²) in [6, 6.07) is 9.43. The number of rotatable bonds is 10. The number of benzene rings is 1. The third-order valence-electron chi connectivity index (χ3n) is 3.48. The van der Waals surface area contributed by atoms with Gasteiger partial charge < -0.3 is 14.8 Å². The molecular formula is C20H31NO4. The fourth-order valence-corrected chi connectivity index (χ4v) is 2.34. The fraction of sp³-hybridized carbons (Fsp3) is 0.600. The number of ketones is 1. The van der Waals surface area contributed by atoms with Gasteiger partial charge in [0, 0.05) is 13.0 Å². The molecule has 0 aliphatic heterocycles. The lowest BCUT2D eigenvalue weighted by Crippen LogP contribution is -2.43. The van der Waals surface area contributed by atoms with Crippen LogP contribution in [0.1, 0.15) is 58.9 Å². The molecule has 0 radical (unpaired) electrons. The van der Waals surface area contributed by atoms with Gasteiger partial charge in [0.05, 0.1) is 12.6 Å². The van der Waals surface area contributed by atoms with Crippen LogP contribution >= 0.6 is 0 Å². The van der Waals surface area contributed by atoms with Crippen molar-refractivity contribution in [1.29, 1.82) is 0 Å². The molecule has 140 valence electrons. The summed E-state index contributed by atoms with van der Waals surface area (Å²) in [5.41, 5.74) is 0.541. The summed E-state index contributed by atoms with van der Waals surface area (Å²) in [5.74, 6) is 0.0241. The van der Waals surface area contributed by atoms with Crippen LogP contribution in [0.3, 0.4) is 0 Å². The molecule has 0 bridgehead atoms. The highest BCUT2D eigenvalue weighted by Crippen LogP contribution is 2.09. The van der Waals surface area contributed by atoms with Crippen molar-refractivity contribution in [2.45, 2.75) is 71.6 Å². The number of hydrogen-bond donors (Lipinski definition) is 1. The summed E-state index contributed by atoms with van der Waals surface area (Å²) >= 11 is 0. The lowest BCUT2D eigenvalue weighted by molar-refractivity contribution is -0.121. The zero-order valence-corrected chi connectivity index (χ0v) is 15.8. The molecule has 1 aromatic rings. The molecular weight excluding hydrogens is 318 g/mol. The second-order valence-electron chi connectivity index (χ2n) is 7.10. The Kier molecular flexibility index (Phi) is 9.21. The number of amides is 1. The largest absolute Gasteiger partial charge is 0.444 e. The van der Waals surface area contributed by atoms with Gasteiger partial charge in [-0.25, -0.2) is 4.79 Å². The van der Waals surface area contributed by atoms with E-state index < -0.39 is 17.7 Å². The number of hydrogen-bond acceptors (Lipinski definition) is 4. The third-order valence-corrected chi connectivity index (χ3v) is 3.48. The van der Waals surface area contributed by atoms with Gasteiger partial charge in [0.2, 0.25) is 0 Å². The number of carbonyl (C=O) groups is 2. The highest BCUT2D eigenvalue weighted by atomic mass is 16.6. The van der Waals surface area contributed by atoms with E-state index in [2.05, 4.69) is 5.32 Å². The summed E-state index contributed by atoms with van der Waals surface area (Å²) in [7, 11) is 0. The molecule has 0 spiro atoms. The van der Waals surface area contributed by atoms with E-state index in [0.29, 0.717) is 32.5 Å². The minimum absolute atomic E-state index is 0.0241. The lowest BCUT2D eigenvalue weighted by atomic mass is 10.0. The molecule has 5 nitrogen and oxygen atoms in total. The molecule has 1 unspecified atom stereocenters. The van der Waals surface area contributed by atoms with Crippen LogP contribution in [-0.4, -0.2) is 30.1 Å². The highest BCUT2D eigenvalue weighted by molar-refractivity contribution is 5.87. The van der Waals surface area contributed by atoms with E-state index in [1.807, 2.05) is 37.3 Å². The average molecular weight is 349 g/mol. The topological polar surface area (TPSA) is 64.6 Å². The van der Waals surface area contributed by atoms with Crippen LogP contribution in [0.5, 0.6) is 0 Å². The molecule has 0 aliphatic rings. The summed E-state index contributed by atoms with van der Waals surface area (Å²) in [6.45, 7) is 8.45. The van der Waals surface area contributed by atoms with E-state index >= 15 is 0 Å². The molecule has 1 atom stereocenters. The van der Waals surface area contributed by atoms with Crippen LogP contribution in [0.4, 0.5) is 4.79 Å². The zero-order chi connectivity index (χ0) is 18.7. The molecule has 0 aliphatic carbocycles. The summed E-state index contributed by atoms with van der Waals surface area (Å²) in [5, 5.41) is 2.69. The van der Waals surface area contributed by atoms with Gasteiger partial charge in [-0.05, 0) is 39.2 Å². The van der Waals surface area contributed by atoms with Crippen LogP contribution in [0.2, 0.25) is 0 Å². The van der Waals surface area contributed by atoms with Crippen LogP contribution in [0.25, 0.3) is 0 Å². The minimum Gasteiger partial charge on any atom is -0.444 e. The maximum absolute atomic E-state index is 12.3. The van der Waals surface area contributed by atoms with Gasteiger partial charge in [0.25, 0.3) is 0 Å². The first kappa shape index (κ1) is 21.2. The van der Waals surface area contributed by atoms with Crippen molar-refractivity contribution in [3.63, 3.8) is 0 Å². The van der Waals surface area contributed by atoms with Crippen LogP contribution < -0.4 is 5.32 Å². The van der Waals surface area contributed by atoms with Gasteiger partial charge in [-0.15, -0.1) is 0 Å². The quantitative estimate of drug-likeness (QED) is 0.642. The predicted octanol–water partition coefficient (Wildman–Crippen LogP) is 4.25. The average Bonchev–Trinajstić information content (AvgIpc) is 2.53. The Hall–Kier alpha value is -1.88. The first-order valence-corrected chi connectivity index (χ1v) is 8.95. The standard InChI is InChI=1S/C20H31NO4/c1-5-10-17(21-19(23)25-20(2,3)4)18(22)13-9-14-24-15-16-11-7-6-8-12-16/h6-8,11-12,17H,5,9-10,13-15H2,1-4H3,(H,21,23). The Bertz CT molecular complexity index is 522. The van der Waals surface area contributed by atoms with Gasteiger partial charge >= 0.3 is 6.09 Å². The molecule has 0 aromatic heterocycles. The number of ether oxygens (including phenoxy) is 2. The Morgan fingerprint density at radius 2 is 1.84 bits per heavy atom. The molecule has 5 heteroatoms. The SMILES string of the molecule is CCCC(NC(=O)OC(C)(C)C)C(=O)CCCOCc1ccccc1. The molecule has 1 aromatic carbocycles. The number of Topliss-reactive ketones (excluding diaryl/α,β-unsaturated/α-hetero) is 1. The second kappa shape index (κ2) is 10.9. The van der Waals surface area contributed by atoms with E-state index in [-0.39, 0.29) is 5.78 Å². The monoisotopic (exact) mass is 349 g/mol. The Labute approximate surface area is 151 Å². The Morgan fingerprint density at radius 1 is 1.16 bits per heavy atom. The zero-order valence-electron chi connectivity index (χ0n) is 15.8. The van der Waals surface area contributed by atoms with Crippen molar-refractivity contribution >= 4 is 11.9 Å². The van der Waals surface area contributed by atoms with Gasteiger partial charge in [-0.2, -0.15) is 0 Å². The fourth-order valence-electron chi connectivity index (χ4n) is 2.34. The summed E-state index contributed by atoms with van der Waals surface area (Å²) in [6.07, 6.45) is 1.91. The molecule has 0 heterocycles. The van der Waals surface area contributed by atoms with Crippen molar-refractivity contribution in [2.75, 3.05) is 6.61 Å². The smallest absolute Gasteiger partial charge is 0.408 e. The van der Waals surface area contributed by atoms with E-state index in [9.17, 15) is 9.59 Å². The number of alkyl carbamates (subject to hydrolysis) is 1. The first-order chi connectivity index (χ1) is 11.8. The molecule has 1 N–H and O–H groups in total. The first-order valence-electron chi connectivity index (χ1n) is 8.95. The molecule has 1 rings (SSSR count). The van der Waals surface area contributed by atoms with Gasteiger partial charge in [-0.3, -0.25) is 4.79 Å². The van der Waals surface area contributed by atoms with Crippen molar-refractivity contribution in [3.8, 4) is 0 Å². The van der Waals surface area contributed by atoms with Gasteiger partial charge in [0.15, 0.2) is 5.78 Å². The van der Waals surface area contributed by atoms with Crippen molar-refractivity contribution in [3.05, 3.63) is 35.9 Å². The summed E-state index contributed by atoms with van der Waals surface area (Å²) < 4.78 is 10.8. The van der Waals surface area contributed by atoms with E-state index in [1.54, 1.807) is 20.8 Å². The lowest BCUT2D eigenvalue weighted by Gasteiger charge is -2.23. The van der Waals surface area contributed by atoms with Crippen LogP contribution in [0.15, 0.2) is 30.3 Å². The van der Waals surface area contributed by atoms with Crippen LogP contribution in [-0.2, 0) is 20.9 Å². The maximum atomic E-state index is 12.3. The molecule has 25 heavy (non-hydrogen) atoms. The van der Waals surface area contributed by atoms with Crippen molar-refractivity contribution in [2.24, 2.45) is 0 Å². The van der Waals surface area contributed by atoms with Crippen LogP contribution in [0, 0.1) is 0 Å². The molecule has 0 saturated carbocycles. The van der Waals surface area contributed by atoms with Gasteiger partial charge in [-0.1, -0.05) is 43.7 Å². The van der Waals surface area contributed by atoms with Crippen molar-refractivity contribution in [1.82, 2.24) is 5.32 Å². The second-order valence-corrected chi connectivity index (χ2v) is 7.10. The van der Waals surface area contributed by atoms with Gasteiger partial charge in [0.1, 0.15) is 5.60 Å². The minimum atomic E-state index is -0.574. The third kappa shape index (κ3) is 9.87. The Balaban J connectivity index is 2.31. The molecule has 1 amide bonds. The highest BCUT2D eigenvalue weighted by Gasteiger charge is 2.23. The molecule has 0 saturated heterocycles. The normalized spacial score (nSPS) is 12.5. The van der Waals surface area contributed by atoms with E-state index in [4.69, 9.17) is 9.47 Å². The van der Waals surface area contributed by atoms with E-state index in [1.165, 1.54) is 0 Å². The number of carbonyl (C=O) groups excluding carboxylic acids is 2. The maximum Gasteiger partial charge on any atom is 0.408 e. The van der Waals surface area contributed by atoms with Crippen molar-refractivity contribution < 1.29 is 19.1 Å². The Morgan fingerprint density at radius 3 is 2.44 bits per heavy atom. The predicted molar refractivity (Wildman–Crippen MR) is 98.4 cm³/mol. The van der Waals surface area contributed by atoms with E-state index in [0.717, 1.165) is 12.0 Å². The number of nitrogens with one attached hydrogen (secondary N) is 1.